The number of nitrogens with zero attached hydrogens (tertiary/aromatic N) is 1. The zero-order valence-corrected chi connectivity index (χ0v) is 10.0. The zero-order valence-electron chi connectivity index (χ0n) is 9.29. The Hall–Kier alpha value is -1.61. The van der Waals surface area contributed by atoms with Crippen molar-refractivity contribution in [2.75, 3.05) is 14.1 Å². The first-order valence-corrected chi connectivity index (χ1v) is 5.17. The van der Waals surface area contributed by atoms with Crippen LogP contribution >= 0.6 is 11.6 Å². The molecule has 0 aliphatic heterocycles. The molecule has 0 atom stereocenters. The van der Waals surface area contributed by atoms with E-state index in [1.165, 1.54) is 0 Å². The standard InChI is InChI=1S/C12H14ClN3/c1-16(2)11(14)8-10(12(13)15)9-6-4-3-5-7-9/h3-8,14-15H,1-2H3/b10-8-,14-11?,15-12?. The van der Waals surface area contributed by atoms with Crippen molar-refractivity contribution in [1.29, 1.82) is 10.8 Å². The van der Waals surface area contributed by atoms with Gasteiger partial charge in [0.2, 0.25) is 0 Å². The van der Waals surface area contributed by atoms with Crippen LogP contribution in [-0.2, 0) is 0 Å². The van der Waals surface area contributed by atoms with E-state index in [1.54, 1.807) is 25.1 Å². The van der Waals surface area contributed by atoms with Crippen LogP contribution in [-0.4, -0.2) is 30.0 Å². The molecule has 4 heteroatoms. The first-order valence-electron chi connectivity index (χ1n) is 4.80. The van der Waals surface area contributed by atoms with Gasteiger partial charge in [0, 0.05) is 19.7 Å². The molecule has 0 aliphatic rings. The number of allylic oxidation sites excluding steroid dienone is 1. The topological polar surface area (TPSA) is 50.9 Å². The van der Waals surface area contributed by atoms with Crippen molar-refractivity contribution < 1.29 is 0 Å². The van der Waals surface area contributed by atoms with E-state index in [2.05, 4.69) is 0 Å². The molecule has 1 aromatic carbocycles. The molecule has 0 aliphatic carbocycles. The number of amidine groups is 1. The van der Waals surface area contributed by atoms with E-state index in [9.17, 15) is 0 Å². The smallest absolute Gasteiger partial charge is 0.128 e. The van der Waals surface area contributed by atoms with Gasteiger partial charge in [0.15, 0.2) is 0 Å². The summed E-state index contributed by atoms with van der Waals surface area (Å²) in [5.41, 5.74) is 1.40. The fraction of sp³-hybridized carbons (Fsp3) is 0.167. The average molecular weight is 236 g/mol. The predicted octanol–water partition coefficient (Wildman–Crippen LogP) is 2.82. The van der Waals surface area contributed by atoms with E-state index in [4.69, 9.17) is 22.4 Å². The molecule has 2 N–H and O–H groups in total. The van der Waals surface area contributed by atoms with Crippen molar-refractivity contribution in [3.8, 4) is 0 Å². The average Bonchev–Trinajstić information content (AvgIpc) is 2.26. The minimum atomic E-state index is -0.0576. The van der Waals surface area contributed by atoms with Gasteiger partial charge in [-0.1, -0.05) is 41.9 Å². The molecule has 0 spiro atoms. The van der Waals surface area contributed by atoms with Gasteiger partial charge < -0.3 is 4.90 Å². The molecule has 16 heavy (non-hydrogen) atoms. The minimum absolute atomic E-state index is 0.0576. The maximum Gasteiger partial charge on any atom is 0.128 e. The molecule has 0 unspecified atom stereocenters. The normalized spacial score (nSPS) is 11.1. The third-order valence-electron chi connectivity index (χ3n) is 2.08. The zero-order chi connectivity index (χ0) is 12.1. The summed E-state index contributed by atoms with van der Waals surface area (Å²) in [5.74, 6) is 0.309. The fourth-order valence-corrected chi connectivity index (χ4v) is 1.32. The van der Waals surface area contributed by atoms with E-state index in [1.807, 2.05) is 30.3 Å². The van der Waals surface area contributed by atoms with Crippen LogP contribution in [0.1, 0.15) is 5.56 Å². The second kappa shape index (κ2) is 5.47. The van der Waals surface area contributed by atoms with Gasteiger partial charge in [0.1, 0.15) is 11.0 Å². The van der Waals surface area contributed by atoms with Crippen LogP contribution in [0.5, 0.6) is 0 Å². The summed E-state index contributed by atoms with van der Waals surface area (Å²) in [5, 5.41) is 15.2. The summed E-state index contributed by atoms with van der Waals surface area (Å²) in [6.07, 6.45) is 1.59. The van der Waals surface area contributed by atoms with Gasteiger partial charge in [-0.25, -0.2) is 0 Å². The van der Waals surface area contributed by atoms with Crippen LogP contribution < -0.4 is 0 Å². The van der Waals surface area contributed by atoms with Crippen molar-refractivity contribution in [2.24, 2.45) is 0 Å². The Morgan fingerprint density at radius 1 is 1.19 bits per heavy atom. The van der Waals surface area contributed by atoms with Crippen molar-refractivity contribution >= 4 is 28.2 Å². The summed E-state index contributed by atoms with van der Waals surface area (Å²) in [6, 6.07) is 9.39. The minimum Gasteiger partial charge on any atom is -0.363 e. The van der Waals surface area contributed by atoms with Gasteiger partial charge in [-0.05, 0) is 11.6 Å². The number of likely N-dealkylation sites (N-methyl/N-ethyl adjacent to an activating group) is 1. The Morgan fingerprint density at radius 2 is 1.75 bits per heavy atom. The summed E-state index contributed by atoms with van der Waals surface area (Å²) in [6.45, 7) is 0. The first kappa shape index (κ1) is 12.5. The molecular weight excluding hydrogens is 222 g/mol. The lowest BCUT2D eigenvalue weighted by molar-refractivity contribution is 0.622. The van der Waals surface area contributed by atoms with Gasteiger partial charge in [-0.15, -0.1) is 0 Å². The van der Waals surface area contributed by atoms with Crippen molar-refractivity contribution in [3.05, 3.63) is 42.0 Å². The summed E-state index contributed by atoms with van der Waals surface area (Å²) in [4.78, 5) is 1.66. The second-order valence-corrected chi connectivity index (χ2v) is 3.90. The largest absolute Gasteiger partial charge is 0.363 e. The number of benzene rings is 1. The van der Waals surface area contributed by atoms with Gasteiger partial charge in [-0.3, -0.25) is 10.8 Å². The molecule has 0 saturated heterocycles. The second-order valence-electron chi connectivity index (χ2n) is 3.52. The van der Waals surface area contributed by atoms with Crippen molar-refractivity contribution in [3.63, 3.8) is 0 Å². The van der Waals surface area contributed by atoms with Crippen molar-refractivity contribution in [1.82, 2.24) is 4.90 Å². The predicted molar refractivity (Wildman–Crippen MR) is 69.4 cm³/mol. The molecule has 84 valence electrons. The van der Waals surface area contributed by atoms with Crippen LogP contribution in [0.4, 0.5) is 0 Å². The molecule has 0 radical (unpaired) electrons. The molecule has 0 aromatic heterocycles. The van der Waals surface area contributed by atoms with Crippen molar-refractivity contribution in [2.45, 2.75) is 0 Å². The van der Waals surface area contributed by atoms with E-state index < -0.39 is 0 Å². The molecular formula is C12H14ClN3. The Bertz CT molecular complexity index is 421. The van der Waals surface area contributed by atoms with Gasteiger partial charge in [-0.2, -0.15) is 0 Å². The number of hydrogen-bond donors (Lipinski definition) is 2. The number of nitrogens with one attached hydrogen (secondary N) is 2. The molecule has 0 heterocycles. The Kier molecular flexibility index (Phi) is 4.26. The highest BCUT2D eigenvalue weighted by molar-refractivity contribution is 6.75. The third kappa shape index (κ3) is 3.21. The van der Waals surface area contributed by atoms with E-state index in [0.29, 0.717) is 11.4 Å². The SMILES string of the molecule is CN(C)C(=N)/C=C(\C(=N)Cl)c1ccccc1. The monoisotopic (exact) mass is 235 g/mol. The molecule has 1 rings (SSSR count). The van der Waals surface area contributed by atoms with Gasteiger partial charge in [0.25, 0.3) is 0 Å². The third-order valence-corrected chi connectivity index (χ3v) is 2.29. The highest BCUT2D eigenvalue weighted by Gasteiger charge is 2.07. The summed E-state index contributed by atoms with van der Waals surface area (Å²) < 4.78 is 0. The molecule has 0 amide bonds. The Balaban J connectivity index is 3.11. The number of hydrogen-bond acceptors (Lipinski definition) is 2. The van der Waals surface area contributed by atoms with Gasteiger partial charge >= 0.3 is 0 Å². The number of rotatable bonds is 3. The van der Waals surface area contributed by atoms with Gasteiger partial charge in [0.05, 0.1) is 0 Å². The van der Waals surface area contributed by atoms with Crippen LogP contribution in [0.15, 0.2) is 36.4 Å². The lowest BCUT2D eigenvalue weighted by Crippen LogP contribution is -2.19. The number of halogens is 1. The molecule has 1 aromatic rings. The van der Waals surface area contributed by atoms with E-state index >= 15 is 0 Å². The lowest BCUT2D eigenvalue weighted by atomic mass is 10.1. The van der Waals surface area contributed by atoms with Crippen LogP contribution in [0.25, 0.3) is 5.57 Å². The molecule has 3 nitrogen and oxygen atoms in total. The maximum absolute atomic E-state index is 7.71. The molecule has 0 saturated carbocycles. The summed E-state index contributed by atoms with van der Waals surface area (Å²) >= 11 is 5.73. The Morgan fingerprint density at radius 3 is 2.19 bits per heavy atom. The lowest BCUT2D eigenvalue weighted by Gasteiger charge is -2.12. The first-order chi connectivity index (χ1) is 7.52. The quantitative estimate of drug-likeness (QED) is 0.614. The maximum atomic E-state index is 7.71. The highest BCUT2D eigenvalue weighted by atomic mass is 35.5. The summed E-state index contributed by atoms with van der Waals surface area (Å²) in [7, 11) is 3.55. The van der Waals surface area contributed by atoms with E-state index in [-0.39, 0.29) is 5.17 Å². The molecule has 0 bridgehead atoms. The molecule has 0 fully saturated rings. The van der Waals surface area contributed by atoms with E-state index in [0.717, 1.165) is 5.56 Å². The van der Waals surface area contributed by atoms with Crippen LogP contribution in [0.3, 0.4) is 0 Å². The fourth-order valence-electron chi connectivity index (χ4n) is 1.16. The van der Waals surface area contributed by atoms with Crippen LogP contribution in [0.2, 0.25) is 0 Å². The van der Waals surface area contributed by atoms with Crippen LogP contribution in [0, 0.1) is 10.8 Å². The Labute approximate surface area is 100 Å². The highest BCUT2D eigenvalue weighted by Crippen LogP contribution is 2.17.